The molecule has 1 saturated heterocycles. The molecule has 2 aromatic rings. The predicted octanol–water partition coefficient (Wildman–Crippen LogP) is 4.87. The van der Waals surface area contributed by atoms with Crippen LogP contribution in [0.5, 0.6) is 5.75 Å². The molecule has 1 atom stereocenters. The maximum atomic E-state index is 13.0. The van der Waals surface area contributed by atoms with Crippen LogP contribution >= 0.6 is 23.4 Å². The minimum absolute atomic E-state index is 0.0806. The average Bonchev–Trinajstić information content (AvgIpc) is 3.12. The summed E-state index contributed by atoms with van der Waals surface area (Å²) in [7, 11) is 0. The zero-order chi connectivity index (χ0) is 24.7. The Morgan fingerprint density at radius 1 is 1.29 bits per heavy atom. The molecular formula is C22H18ClF3N4O3S. The van der Waals surface area contributed by atoms with Crippen molar-refractivity contribution in [1.82, 2.24) is 5.32 Å². The first-order valence-electron chi connectivity index (χ1n) is 9.74. The van der Waals surface area contributed by atoms with E-state index in [0.717, 1.165) is 29.5 Å². The molecule has 1 aliphatic rings. The van der Waals surface area contributed by atoms with Crippen molar-refractivity contribution in [2.24, 2.45) is 10.2 Å². The number of nitrogens with one attached hydrogen (secondary N) is 2. The van der Waals surface area contributed by atoms with Crippen molar-refractivity contribution in [3.63, 3.8) is 0 Å². The number of halogens is 4. The number of amidine groups is 1. The number of ether oxygens (including phenoxy) is 1. The molecule has 0 spiro atoms. The van der Waals surface area contributed by atoms with E-state index in [0.29, 0.717) is 12.4 Å². The number of amides is 2. The fourth-order valence-electron chi connectivity index (χ4n) is 2.77. The Balaban J connectivity index is 1.57. The van der Waals surface area contributed by atoms with Crippen molar-refractivity contribution in [3.05, 3.63) is 71.3 Å². The third-order valence-electron chi connectivity index (χ3n) is 4.28. The summed E-state index contributed by atoms with van der Waals surface area (Å²) >= 11 is 6.57. The predicted molar refractivity (Wildman–Crippen MR) is 126 cm³/mol. The van der Waals surface area contributed by atoms with E-state index in [1.807, 2.05) is 0 Å². The normalized spacial score (nSPS) is 17.1. The second-order valence-electron chi connectivity index (χ2n) is 6.86. The van der Waals surface area contributed by atoms with Gasteiger partial charge in [0.2, 0.25) is 11.8 Å². The molecular weight excluding hydrogens is 493 g/mol. The Morgan fingerprint density at radius 3 is 2.82 bits per heavy atom. The van der Waals surface area contributed by atoms with E-state index in [1.54, 1.807) is 30.3 Å². The minimum atomic E-state index is -4.66. The van der Waals surface area contributed by atoms with Crippen LogP contribution in [0.25, 0.3) is 0 Å². The molecule has 1 unspecified atom stereocenters. The van der Waals surface area contributed by atoms with Crippen LogP contribution < -0.4 is 15.4 Å². The summed E-state index contributed by atoms with van der Waals surface area (Å²) in [5, 5.41) is 11.7. The van der Waals surface area contributed by atoms with E-state index in [2.05, 4.69) is 27.4 Å². The van der Waals surface area contributed by atoms with E-state index < -0.39 is 33.8 Å². The smallest absolute Gasteiger partial charge is 0.417 e. The van der Waals surface area contributed by atoms with Gasteiger partial charge in [0, 0.05) is 12.1 Å². The molecule has 2 amide bonds. The first kappa shape index (κ1) is 25.3. The van der Waals surface area contributed by atoms with Crippen LogP contribution in [0.1, 0.15) is 17.5 Å². The van der Waals surface area contributed by atoms with Crippen LogP contribution in [0.15, 0.2) is 65.3 Å². The van der Waals surface area contributed by atoms with Crippen molar-refractivity contribution in [1.29, 1.82) is 0 Å². The number of carbonyl (C=O) groups excluding carboxylic acids is 2. The Kier molecular flexibility index (Phi) is 8.35. The summed E-state index contributed by atoms with van der Waals surface area (Å²) in [6, 6.07) is 10.1. The lowest BCUT2D eigenvalue weighted by atomic mass is 10.2. The lowest BCUT2D eigenvalue weighted by Gasteiger charge is -2.12. The van der Waals surface area contributed by atoms with Crippen molar-refractivity contribution in [2.75, 3.05) is 11.9 Å². The molecule has 0 aliphatic carbocycles. The average molecular weight is 511 g/mol. The molecule has 1 aliphatic heterocycles. The van der Waals surface area contributed by atoms with Crippen molar-refractivity contribution < 1.29 is 27.5 Å². The van der Waals surface area contributed by atoms with Gasteiger partial charge >= 0.3 is 6.18 Å². The monoisotopic (exact) mass is 510 g/mol. The number of hydrogen-bond donors (Lipinski definition) is 2. The van der Waals surface area contributed by atoms with Crippen LogP contribution in [-0.2, 0) is 15.8 Å². The highest BCUT2D eigenvalue weighted by molar-refractivity contribution is 8.15. The number of nitrogens with zero attached hydrogens (tertiary/aromatic N) is 2. The number of alkyl halides is 3. The summed E-state index contributed by atoms with van der Waals surface area (Å²) in [6.07, 6.45) is -1.84. The number of carbonyl (C=O) groups is 2. The van der Waals surface area contributed by atoms with Crippen molar-refractivity contribution in [2.45, 2.75) is 17.8 Å². The lowest BCUT2D eigenvalue weighted by Crippen LogP contribution is -2.28. The Labute approximate surface area is 202 Å². The summed E-state index contributed by atoms with van der Waals surface area (Å²) < 4.78 is 44.4. The van der Waals surface area contributed by atoms with E-state index in [-0.39, 0.29) is 17.3 Å². The number of thioether (sulfide) groups is 1. The highest BCUT2D eigenvalue weighted by Crippen LogP contribution is 2.36. The van der Waals surface area contributed by atoms with Gasteiger partial charge in [0.15, 0.2) is 5.17 Å². The molecule has 12 heteroatoms. The number of anilines is 1. The number of hydrogen-bond acceptors (Lipinski definition) is 6. The second-order valence-corrected chi connectivity index (χ2v) is 8.46. The molecule has 3 rings (SSSR count). The van der Waals surface area contributed by atoms with Crippen LogP contribution in [0, 0.1) is 0 Å². The van der Waals surface area contributed by atoms with Gasteiger partial charge in [-0.2, -0.15) is 18.3 Å². The summed E-state index contributed by atoms with van der Waals surface area (Å²) in [6.45, 7) is 3.94. The molecule has 1 fully saturated rings. The van der Waals surface area contributed by atoms with Crippen LogP contribution in [0.3, 0.4) is 0 Å². The van der Waals surface area contributed by atoms with E-state index in [4.69, 9.17) is 16.3 Å². The second kappa shape index (κ2) is 11.2. The zero-order valence-electron chi connectivity index (χ0n) is 17.4. The Morgan fingerprint density at radius 2 is 2.09 bits per heavy atom. The Hall–Kier alpha value is -3.31. The standard InChI is InChI=1S/C22H18ClF3N4O3S/c1-2-8-33-15-5-3-4-13(9-15)12-27-30-21-29-20(32)18(34-21)11-19(31)28-14-6-7-17(23)16(10-14)22(24,25)26/h2-7,9-10,12,18H,1,8,11H2,(H,28,31)(H,29,30,32)/b27-12+. The summed E-state index contributed by atoms with van der Waals surface area (Å²) in [5.41, 5.74) is -0.426. The van der Waals surface area contributed by atoms with Gasteiger partial charge in [-0.25, -0.2) is 0 Å². The van der Waals surface area contributed by atoms with Crippen molar-refractivity contribution in [3.8, 4) is 5.75 Å². The van der Waals surface area contributed by atoms with Crippen LogP contribution in [-0.4, -0.2) is 35.1 Å². The fraction of sp³-hybridized carbons (Fsp3) is 0.182. The molecule has 34 heavy (non-hydrogen) atoms. The Bertz CT molecular complexity index is 1150. The third-order valence-corrected chi connectivity index (χ3v) is 5.69. The molecule has 178 valence electrons. The number of benzene rings is 2. The molecule has 0 aromatic heterocycles. The van der Waals surface area contributed by atoms with E-state index in [1.165, 1.54) is 12.3 Å². The van der Waals surface area contributed by atoms with Gasteiger partial charge in [-0.1, -0.05) is 48.2 Å². The maximum absolute atomic E-state index is 13.0. The molecule has 7 nitrogen and oxygen atoms in total. The van der Waals surface area contributed by atoms with Gasteiger partial charge in [0.05, 0.1) is 16.8 Å². The van der Waals surface area contributed by atoms with Crippen LogP contribution in [0.4, 0.5) is 18.9 Å². The van der Waals surface area contributed by atoms with Gasteiger partial charge in [0.1, 0.15) is 17.6 Å². The fourth-order valence-corrected chi connectivity index (χ4v) is 3.92. The number of rotatable bonds is 8. The molecule has 0 bridgehead atoms. The van der Waals surface area contributed by atoms with Gasteiger partial charge in [0.25, 0.3) is 0 Å². The highest BCUT2D eigenvalue weighted by Gasteiger charge is 2.34. The lowest BCUT2D eigenvalue weighted by molar-refractivity contribution is -0.137. The van der Waals surface area contributed by atoms with Crippen LogP contribution in [0.2, 0.25) is 5.02 Å². The third kappa shape index (κ3) is 7.09. The zero-order valence-corrected chi connectivity index (χ0v) is 19.0. The van der Waals surface area contributed by atoms with Gasteiger partial charge in [-0.3, -0.25) is 9.59 Å². The first-order chi connectivity index (χ1) is 16.2. The van der Waals surface area contributed by atoms with E-state index >= 15 is 0 Å². The van der Waals surface area contributed by atoms with Crippen molar-refractivity contribution >= 4 is 52.2 Å². The summed E-state index contributed by atoms with van der Waals surface area (Å²) in [4.78, 5) is 24.4. The molecule has 2 N–H and O–H groups in total. The van der Waals surface area contributed by atoms with Gasteiger partial charge in [-0.15, -0.1) is 5.10 Å². The molecule has 1 heterocycles. The topological polar surface area (TPSA) is 92.2 Å². The highest BCUT2D eigenvalue weighted by atomic mass is 35.5. The first-order valence-corrected chi connectivity index (χ1v) is 11.0. The van der Waals surface area contributed by atoms with Gasteiger partial charge < -0.3 is 15.4 Å². The molecule has 2 aromatic carbocycles. The summed E-state index contributed by atoms with van der Waals surface area (Å²) in [5.74, 6) is -0.459. The van der Waals surface area contributed by atoms with Gasteiger partial charge in [-0.05, 0) is 35.9 Å². The largest absolute Gasteiger partial charge is 0.490 e. The molecule has 0 saturated carbocycles. The maximum Gasteiger partial charge on any atom is 0.417 e. The molecule has 0 radical (unpaired) electrons. The van der Waals surface area contributed by atoms with E-state index in [9.17, 15) is 22.8 Å². The minimum Gasteiger partial charge on any atom is -0.490 e. The SMILES string of the molecule is C=CCOc1cccc(/C=N/N=C2\NC(=O)C(CC(=O)Nc3ccc(Cl)c(C(F)(F)F)c3)S2)c1. The quantitative estimate of drug-likeness (QED) is 0.301.